The van der Waals surface area contributed by atoms with Gasteiger partial charge < -0.3 is 5.73 Å². The average molecular weight is 221 g/mol. The predicted octanol–water partition coefficient (Wildman–Crippen LogP) is 1.94. The first-order valence-electron chi connectivity index (χ1n) is 3.72. The van der Waals surface area contributed by atoms with Crippen LogP contribution in [0.15, 0.2) is 6.20 Å². The zero-order valence-corrected chi connectivity index (χ0v) is 7.76. The summed E-state index contributed by atoms with van der Waals surface area (Å²) in [6, 6.07) is 0. The number of hydrogen-bond acceptors (Lipinski definition) is 3. The van der Waals surface area contributed by atoms with Gasteiger partial charge in [0.1, 0.15) is 5.15 Å². The van der Waals surface area contributed by atoms with Gasteiger partial charge in [-0.1, -0.05) is 11.6 Å². The van der Waals surface area contributed by atoms with Gasteiger partial charge in [-0.15, -0.1) is 0 Å². The van der Waals surface area contributed by atoms with Gasteiger partial charge in [0, 0.05) is 29.4 Å². The third kappa shape index (κ3) is 1.88. The lowest BCUT2D eigenvalue weighted by molar-refractivity contribution is 0.110. The molecule has 1 aromatic rings. The number of aromatic nitrogens is 1. The van der Waals surface area contributed by atoms with Crippen molar-refractivity contribution in [2.45, 2.75) is 13.0 Å². The average Bonchev–Trinajstić information content (AvgIpc) is 2.16. The molecule has 76 valence electrons. The van der Waals surface area contributed by atoms with Crippen LogP contribution in [0.3, 0.4) is 0 Å². The molecule has 1 heterocycles. The fraction of sp³-hybridized carbons (Fsp3) is 0.250. The molecule has 6 heteroatoms. The van der Waals surface area contributed by atoms with Gasteiger partial charge in [0.15, 0.2) is 6.29 Å². The maximum Gasteiger partial charge on any atom is 0.266 e. The standard InChI is InChI=1S/C8H7ClF2N2O/c9-7-4(1-12)6(3-14)5(2-13-7)8(10)11/h2-3,8H,1,12H2. The first-order valence-corrected chi connectivity index (χ1v) is 4.10. The molecule has 2 N–H and O–H groups in total. The fourth-order valence-corrected chi connectivity index (χ4v) is 1.29. The van der Waals surface area contributed by atoms with Crippen LogP contribution in [0.1, 0.15) is 27.9 Å². The number of alkyl halides is 2. The van der Waals surface area contributed by atoms with E-state index in [0.29, 0.717) is 6.29 Å². The van der Waals surface area contributed by atoms with Crippen LogP contribution in [-0.4, -0.2) is 11.3 Å². The molecule has 0 atom stereocenters. The summed E-state index contributed by atoms with van der Waals surface area (Å²) in [5.41, 5.74) is 4.82. The highest BCUT2D eigenvalue weighted by Crippen LogP contribution is 2.26. The van der Waals surface area contributed by atoms with Gasteiger partial charge >= 0.3 is 0 Å². The van der Waals surface area contributed by atoms with Gasteiger partial charge in [-0.2, -0.15) is 0 Å². The van der Waals surface area contributed by atoms with Crippen molar-refractivity contribution in [1.29, 1.82) is 0 Å². The van der Waals surface area contributed by atoms with E-state index in [1.54, 1.807) is 0 Å². The van der Waals surface area contributed by atoms with E-state index in [9.17, 15) is 13.6 Å². The Balaban J connectivity index is 3.40. The number of halogens is 3. The van der Waals surface area contributed by atoms with Gasteiger partial charge in [-0.05, 0) is 0 Å². The number of nitrogens with zero attached hydrogens (tertiary/aromatic N) is 1. The Labute approximate surface area is 83.9 Å². The molecule has 0 saturated carbocycles. The SMILES string of the molecule is NCc1c(Cl)ncc(C(F)F)c1C=O. The number of aldehydes is 1. The molecule has 0 aromatic carbocycles. The van der Waals surface area contributed by atoms with E-state index in [1.165, 1.54) is 0 Å². The highest BCUT2D eigenvalue weighted by molar-refractivity contribution is 6.30. The number of hydrogen-bond donors (Lipinski definition) is 1. The summed E-state index contributed by atoms with van der Waals surface area (Å²) in [5.74, 6) is 0. The second kappa shape index (κ2) is 4.43. The van der Waals surface area contributed by atoms with E-state index in [2.05, 4.69) is 4.98 Å². The third-order valence-electron chi connectivity index (χ3n) is 1.76. The molecule has 14 heavy (non-hydrogen) atoms. The maximum absolute atomic E-state index is 12.4. The highest BCUT2D eigenvalue weighted by Gasteiger charge is 2.18. The summed E-state index contributed by atoms with van der Waals surface area (Å²) in [6.07, 6.45) is -1.56. The Bertz CT molecular complexity index is 357. The quantitative estimate of drug-likeness (QED) is 0.626. The minimum absolute atomic E-state index is 0.0148. The third-order valence-corrected chi connectivity index (χ3v) is 2.08. The van der Waals surface area contributed by atoms with Crippen molar-refractivity contribution in [1.82, 2.24) is 4.98 Å². The molecule has 0 aliphatic heterocycles. The van der Waals surface area contributed by atoms with E-state index in [4.69, 9.17) is 17.3 Å². The molecule has 0 spiro atoms. The Morgan fingerprint density at radius 3 is 2.71 bits per heavy atom. The van der Waals surface area contributed by atoms with Crippen LogP contribution in [0.4, 0.5) is 8.78 Å². The largest absolute Gasteiger partial charge is 0.326 e. The highest BCUT2D eigenvalue weighted by atomic mass is 35.5. The Morgan fingerprint density at radius 1 is 1.64 bits per heavy atom. The van der Waals surface area contributed by atoms with Crippen molar-refractivity contribution in [3.8, 4) is 0 Å². The van der Waals surface area contributed by atoms with E-state index >= 15 is 0 Å². The van der Waals surface area contributed by atoms with Crippen LogP contribution in [0.5, 0.6) is 0 Å². The van der Waals surface area contributed by atoms with Crippen molar-refractivity contribution < 1.29 is 13.6 Å². The first-order chi connectivity index (χ1) is 6.61. The lowest BCUT2D eigenvalue weighted by Gasteiger charge is -2.08. The van der Waals surface area contributed by atoms with E-state index < -0.39 is 12.0 Å². The minimum atomic E-state index is -2.76. The van der Waals surface area contributed by atoms with Gasteiger partial charge in [-0.3, -0.25) is 4.79 Å². The predicted molar refractivity (Wildman–Crippen MR) is 47.5 cm³/mol. The van der Waals surface area contributed by atoms with Crippen molar-refractivity contribution in [3.05, 3.63) is 28.0 Å². The monoisotopic (exact) mass is 220 g/mol. The molecular weight excluding hydrogens is 214 g/mol. The zero-order valence-electron chi connectivity index (χ0n) is 7.01. The lowest BCUT2D eigenvalue weighted by Crippen LogP contribution is -2.07. The molecule has 0 aliphatic carbocycles. The van der Waals surface area contributed by atoms with Gasteiger partial charge in [0.2, 0.25) is 0 Å². The number of rotatable bonds is 3. The molecule has 0 aliphatic rings. The van der Waals surface area contributed by atoms with Crippen molar-refractivity contribution in [2.75, 3.05) is 0 Å². The van der Waals surface area contributed by atoms with Crippen molar-refractivity contribution >= 4 is 17.9 Å². The van der Waals surface area contributed by atoms with Crippen LogP contribution in [0.2, 0.25) is 5.15 Å². The molecule has 3 nitrogen and oxygen atoms in total. The van der Waals surface area contributed by atoms with Crippen LogP contribution < -0.4 is 5.73 Å². The van der Waals surface area contributed by atoms with Gasteiger partial charge in [0.05, 0.1) is 0 Å². The van der Waals surface area contributed by atoms with E-state index in [1.807, 2.05) is 0 Å². The van der Waals surface area contributed by atoms with Crippen LogP contribution >= 0.6 is 11.6 Å². The molecular formula is C8H7ClF2N2O. The molecule has 0 amide bonds. The normalized spacial score (nSPS) is 10.6. The molecule has 0 fully saturated rings. The molecule has 0 radical (unpaired) electrons. The minimum Gasteiger partial charge on any atom is -0.326 e. The molecule has 1 rings (SSSR count). The molecule has 1 aromatic heterocycles. The summed E-state index contributed by atoms with van der Waals surface area (Å²) in [4.78, 5) is 14.1. The Morgan fingerprint density at radius 2 is 2.29 bits per heavy atom. The summed E-state index contributed by atoms with van der Waals surface area (Å²) in [6.45, 7) is -0.0968. The smallest absolute Gasteiger partial charge is 0.266 e. The maximum atomic E-state index is 12.4. The first kappa shape index (κ1) is 11.0. The van der Waals surface area contributed by atoms with Crippen LogP contribution in [0, 0.1) is 0 Å². The summed E-state index contributed by atoms with van der Waals surface area (Å²) in [5, 5.41) is -0.0148. The summed E-state index contributed by atoms with van der Waals surface area (Å²) in [7, 11) is 0. The summed E-state index contributed by atoms with van der Waals surface area (Å²) >= 11 is 5.59. The topological polar surface area (TPSA) is 56.0 Å². The fourth-order valence-electron chi connectivity index (χ4n) is 1.07. The second-order valence-electron chi connectivity index (χ2n) is 2.52. The van der Waals surface area contributed by atoms with Crippen LogP contribution in [-0.2, 0) is 6.54 Å². The summed E-state index contributed by atoms with van der Waals surface area (Å²) < 4.78 is 24.8. The Hall–Kier alpha value is -1.07. The number of nitrogens with two attached hydrogens (primary N) is 1. The van der Waals surface area contributed by atoms with Crippen LogP contribution in [0.25, 0.3) is 0 Å². The van der Waals surface area contributed by atoms with Gasteiger partial charge in [0.25, 0.3) is 6.43 Å². The second-order valence-corrected chi connectivity index (χ2v) is 2.88. The molecule has 0 unspecified atom stereocenters. The Kier molecular flexibility index (Phi) is 3.49. The molecule has 0 saturated heterocycles. The lowest BCUT2D eigenvalue weighted by atomic mass is 10.1. The molecule has 0 bridgehead atoms. The van der Waals surface area contributed by atoms with Crippen molar-refractivity contribution in [3.63, 3.8) is 0 Å². The van der Waals surface area contributed by atoms with Gasteiger partial charge in [-0.25, -0.2) is 13.8 Å². The van der Waals surface area contributed by atoms with E-state index in [0.717, 1.165) is 6.20 Å². The number of carbonyl (C=O) groups excluding carboxylic acids is 1. The van der Waals surface area contributed by atoms with Crippen molar-refractivity contribution in [2.24, 2.45) is 5.73 Å². The number of carbonyl (C=O) groups is 1. The number of pyridine rings is 1. The zero-order chi connectivity index (χ0) is 10.7. The van der Waals surface area contributed by atoms with E-state index in [-0.39, 0.29) is 22.8 Å².